The molecular formula is C21H31N5. The van der Waals surface area contributed by atoms with Crippen molar-refractivity contribution in [1.82, 2.24) is 24.7 Å². The first-order valence-electron chi connectivity index (χ1n) is 9.54. The Morgan fingerprint density at radius 1 is 1.19 bits per heavy atom. The van der Waals surface area contributed by atoms with Crippen LogP contribution in [0.5, 0.6) is 0 Å². The van der Waals surface area contributed by atoms with Crippen LogP contribution < -0.4 is 0 Å². The molecule has 0 spiro atoms. The Morgan fingerprint density at radius 2 is 2.04 bits per heavy atom. The lowest BCUT2D eigenvalue weighted by atomic mass is 10.2. The van der Waals surface area contributed by atoms with E-state index in [-0.39, 0.29) is 0 Å². The summed E-state index contributed by atoms with van der Waals surface area (Å²) < 4.78 is 0. The third-order valence-corrected chi connectivity index (χ3v) is 4.80. The van der Waals surface area contributed by atoms with Crippen LogP contribution in [-0.2, 0) is 6.42 Å². The van der Waals surface area contributed by atoms with Gasteiger partial charge in [-0.15, -0.1) is 0 Å². The Morgan fingerprint density at radius 3 is 2.85 bits per heavy atom. The molecule has 0 aliphatic carbocycles. The number of nitrogens with one attached hydrogen (secondary N) is 1. The Kier molecular flexibility index (Phi) is 6.34. The van der Waals surface area contributed by atoms with Crippen molar-refractivity contribution in [2.75, 3.05) is 47.3 Å². The maximum atomic E-state index is 4.69. The van der Waals surface area contributed by atoms with E-state index in [9.17, 15) is 0 Å². The summed E-state index contributed by atoms with van der Waals surface area (Å²) in [7, 11) is 6.35. The molecule has 26 heavy (non-hydrogen) atoms. The van der Waals surface area contributed by atoms with Crippen molar-refractivity contribution >= 4 is 11.0 Å². The van der Waals surface area contributed by atoms with Gasteiger partial charge in [0.05, 0.1) is 11.0 Å². The molecule has 2 aromatic rings. The van der Waals surface area contributed by atoms with E-state index in [0.717, 1.165) is 49.3 Å². The summed E-state index contributed by atoms with van der Waals surface area (Å²) in [6, 6.07) is 8.23. The van der Waals surface area contributed by atoms with Gasteiger partial charge in [0.1, 0.15) is 5.82 Å². The molecule has 1 aromatic heterocycles. The largest absolute Gasteiger partial charge is 0.383 e. The Labute approximate surface area is 157 Å². The number of H-pyrrole nitrogens is 1. The number of likely N-dealkylation sites (N-methyl/N-ethyl adjacent to an activating group) is 1. The lowest BCUT2D eigenvalue weighted by molar-refractivity contribution is 0.329. The van der Waals surface area contributed by atoms with Crippen molar-refractivity contribution in [1.29, 1.82) is 0 Å². The fraction of sp³-hybridized carbons (Fsp3) is 0.476. The topological polar surface area (TPSA) is 38.4 Å². The highest BCUT2D eigenvalue weighted by Gasteiger charge is 2.13. The number of hydrogen-bond donors (Lipinski definition) is 1. The molecule has 0 amide bonds. The Bertz CT molecular complexity index is 726. The molecule has 140 valence electrons. The molecule has 1 saturated heterocycles. The summed E-state index contributed by atoms with van der Waals surface area (Å²) in [6.07, 6.45) is 9.87. The van der Waals surface area contributed by atoms with Gasteiger partial charge >= 0.3 is 0 Å². The van der Waals surface area contributed by atoms with Gasteiger partial charge in [-0.2, -0.15) is 0 Å². The molecule has 1 N–H and O–H groups in total. The van der Waals surface area contributed by atoms with Crippen LogP contribution in [0.1, 0.15) is 18.7 Å². The number of aromatic amines is 1. The van der Waals surface area contributed by atoms with E-state index in [2.05, 4.69) is 76.3 Å². The number of rotatable bonds is 6. The minimum Gasteiger partial charge on any atom is -0.383 e. The summed E-state index contributed by atoms with van der Waals surface area (Å²) >= 11 is 0. The second-order valence-electron chi connectivity index (χ2n) is 7.29. The number of benzene rings is 1. The minimum atomic E-state index is 0.932. The van der Waals surface area contributed by atoms with Gasteiger partial charge in [-0.05, 0) is 44.6 Å². The van der Waals surface area contributed by atoms with Gasteiger partial charge in [-0.25, -0.2) is 4.98 Å². The highest BCUT2D eigenvalue weighted by atomic mass is 15.2. The molecular weight excluding hydrogens is 322 g/mol. The van der Waals surface area contributed by atoms with Gasteiger partial charge in [0.2, 0.25) is 0 Å². The molecule has 3 rings (SSSR count). The molecule has 1 aliphatic heterocycles. The average Bonchev–Trinajstić information content (AvgIpc) is 2.91. The first kappa shape index (κ1) is 18.5. The van der Waals surface area contributed by atoms with Crippen molar-refractivity contribution in [2.45, 2.75) is 19.3 Å². The van der Waals surface area contributed by atoms with Crippen LogP contribution in [0, 0.1) is 0 Å². The number of aromatic nitrogens is 2. The van der Waals surface area contributed by atoms with Crippen molar-refractivity contribution in [3.63, 3.8) is 0 Å². The van der Waals surface area contributed by atoms with Crippen LogP contribution in [-0.4, -0.2) is 72.0 Å². The molecule has 0 atom stereocenters. The van der Waals surface area contributed by atoms with Crippen LogP contribution in [0.2, 0.25) is 0 Å². The minimum absolute atomic E-state index is 0.932. The molecule has 1 aromatic carbocycles. The summed E-state index contributed by atoms with van der Waals surface area (Å²) in [4.78, 5) is 15.1. The molecule has 0 saturated carbocycles. The summed E-state index contributed by atoms with van der Waals surface area (Å²) in [5, 5.41) is 0. The van der Waals surface area contributed by atoms with Gasteiger partial charge < -0.3 is 19.7 Å². The van der Waals surface area contributed by atoms with E-state index in [4.69, 9.17) is 0 Å². The number of imidazole rings is 1. The fourth-order valence-electron chi connectivity index (χ4n) is 3.31. The maximum Gasteiger partial charge on any atom is 0.107 e. The zero-order valence-corrected chi connectivity index (χ0v) is 16.3. The number of fused-ring (bicyclic) bond motifs is 1. The standard InChI is InChI=1S/C21H31N5/c1-24(2)15-12-18(26-14-7-13-25(3)16-17-26)8-6-11-21-22-19-9-4-5-10-20(19)23-21/h4-5,8-10,12,15H,6-7,11,13-14,16-17H2,1-3H3,(H,22,23)/b15-12-,18-8-. The zero-order chi connectivity index (χ0) is 18.4. The quantitative estimate of drug-likeness (QED) is 0.810. The molecule has 5 nitrogen and oxygen atoms in total. The Hall–Kier alpha value is -2.27. The number of allylic oxidation sites excluding steroid dienone is 2. The first-order valence-corrected chi connectivity index (χ1v) is 9.54. The molecule has 0 unspecified atom stereocenters. The van der Waals surface area contributed by atoms with E-state index in [1.165, 1.54) is 18.7 Å². The van der Waals surface area contributed by atoms with Gasteiger partial charge in [-0.1, -0.05) is 18.2 Å². The number of hydrogen-bond acceptors (Lipinski definition) is 4. The van der Waals surface area contributed by atoms with Crippen LogP contribution in [0.15, 0.2) is 48.3 Å². The lowest BCUT2D eigenvalue weighted by Crippen LogP contribution is -2.28. The molecule has 1 fully saturated rings. The molecule has 0 bridgehead atoms. The van der Waals surface area contributed by atoms with E-state index >= 15 is 0 Å². The second-order valence-corrected chi connectivity index (χ2v) is 7.29. The molecule has 2 heterocycles. The smallest absolute Gasteiger partial charge is 0.107 e. The third kappa shape index (κ3) is 5.11. The highest BCUT2D eigenvalue weighted by molar-refractivity contribution is 5.74. The van der Waals surface area contributed by atoms with Gasteiger partial charge in [0.25, 0.3) is 0 Å². The van der Waals surface area contributed by atoms with Gasteiger partial charge in [0.15, 0.2) is 0 Å². The molecule has 0 radical (unpaired) electrons. The van der Waals surface area contributed by atoms with E-state index in [1.54, 1.807) is 0 Å². The van der Waals surface area contributed by atoms with Crippen LogP contribution in [0.25, 0.3) is 11.0 Å². The molecule has 1 aliphatic rings. The summed E-state index contributed by atoms with van der Waals surface area (Å²) in [6.45, 7) is 4.51. The second kappa shape index (κ2) is 8.90. The van der Waals surface area contributed by atoms with Crippen LogP contribution in [0.3, 0.4) is 0 Å². The van der Waals surface area contributed by atoms with E-state index in [1.807, 2.05) is 12.1 Å². The number of nitrogens with zero attached hydrogens (tertiary/aromatic N) is 4. The van der Waals surface area contributed by atoms with Crippen molar-refractivity contribution < 1.29 is 0 Å². The maximum absolute atomic E-state index is 4.69. The monoisotopic (exact) mass is 353 g/mol. The third-order valence-electron chi connectivity index (χ3n) is 4.80. The van der Waals surface area contributed by atoms with Crippen molar-refractivity contribution in [3.8, 4) is 0 Å². The van der Waals surface area contributed by atoms with Crippen LogP contribution >= 0.6 is 0 Å². The first-order chi connectivity index (χ1) is 12.6. The lowest BCUT2D eigenvalue weighted by Gasteiger charge is -2.24. The van der Waals surface area contributed by atoms with Crippen molar-refractivity contribution in [3.05, 3.63) is 54.1 Å². The molecule has 5 heteroatoms. The summed E-state index contributed by atoms with van der Waals surface area (Å²) in [5.41, 5.74) is 3.50. The van der Waals surface area contributed by atoms with Gasteiger partial charge in [-0.3, -0.25) is 0 Å². The highest BCUT2D eigenvalue weighted by Crippen LogP contribution is 2.15. The predicted octanol–water partition coefficient (Wildman–Crippen LogP) is 3.09. The van der Waals surface area contributed by atoms with Gasteiger partial charge in [0, 0.05) is 52.0 Å². The normalized spacial score (nSPS) is 17.2. The number of para-hydroxylation sites is 2. The van der Waals surface area contributed by atoms with E-state index < -0.39 is 0 Å². The van der Waals surface area contributed by atoms with Crippen LogP contribution in [0.4, 0.5) is 0 Å². The zero-order valence-electron chi connectivity index (χ0n) is 16.3. The Balaban J connectivity index is 1.68. The van der Waals surface area contributed by atoms with E-state index in [0.29, 0.717) is 0 Å². The van der Waals surface area contributed by atoms with Crippen molar-refractivity contribution in [2.24, 2.45) is 0 Å². The fourth-order valence-corrected chi connectivity index (χ4v) is 3.31. The number of aryl methyl sites for hydroxylation is 1. The summed E-state index contributed by atoms with van der Waals surface area (Å²) in [5.74, 6) is 1.06. The predicted molar refractivity (Wildman–Crippen MR) is 109 cm³/mol. The average molecular weight is 354 g/mol. The SMILES string of the molecule is CN(C)/C=C\C(=C\CCc1nc2ccccc2[nH]1)N1CCCN(C)CC1.